The molecule has 0 nitrogen and oxygen atoms in total. The highest BCUT2D eigenvalue weighted by molar-refractivity contribution is 7.20. The predicted octanol–water partition coefficient (Wildman–Crippen LogP) is 5.56. The Morgan fingerprint density at radius 3 is 1.11 bits per heavy atom. The van der Waals surface area contributed by atoms with E-state index in [9.17, 15) is 30.7 Å². The maximum atomic E-state index is 14.8. The van der Waals surface area contributed by atoms with Crippen LogP contribution in [-0.2, 0) is 6.18 Å². The second kappa shape index (κ2) is 9.24. The van der Waals surface area contributed by atoms with Gasteiger partial charge in [-0.2, -0.15) is 13.2 Å². The number of alkyl halides is 3. The Hall–Kier alpha value is -3.39. The van der Waals surface area contributed by atoms with Crippen LogP contribution in [0.3, 0.4) is 0 Å². The minimum Gasteiger partial charge on any atom is -0.207 e. The lowest BCUT2D eigenvalue weighted by Crippen LogP contribution is -2.77. The number of hydrogen-bond acceptors (Lipinski definition) is 0. The van der Waals surface area contributed by atoms with Crippen LogP contribution in [0, 0.1) is 44.0 Å². The number of rotatable bonds is 4. The Bertz CT molecular complexity index is 1330. The Balaban J connectivity index is 2.40. The first-order valence-corrected chi connectivity index (χ1v) is 13.0. The van der Waals surface area contributed by atoms with E-state index in [0.717, 1.165) is 42.5 Å². The van der Waals surface area contributed by atoms with Gasteiger partial charge in [-0.25, -0.2) is 17.6 Å². The Kier molecular flexibility index (Phi) is 6.59. The Morgan fingerprint density at radius 1 is 0.472 bits per heavy atom. The van der Waals surface area contributed by atoms with Crippen LogP contribution in [-0.4, -0.2) is 8.07 Å². The van der Waals surface area contributed by atoms with Crippen molar-refractivity contribution in [2.45, 2.75) is 26.9 Å². The van der Waals surface area contributed by atoms with E-state index < -0.39 is 48.3 Å². The monoisotopic (exact) mass is 518 g/mol. The molecule has 0 heterocycles. The van der Waals surface area contributed by atoms with E-state index in [2.05, 4.69) is 0 Å². The first-order valence-electron chi connectivity index (χ1n) is 11.0. The number of benzene rings is 4. The molecule has 0 aliphatic carbocycles. The molecule has 0 atom stereocenters. The maximum absolute atomic E-state index is 14.8. The smallest absolute Gasteiger partial charge is 0.207 e. The van der Waals surface area contributed by atoms with Crippen molar-refractivity contribution >= 4 is 28.8 Å². The molecule has 0 bridgehead atoms. The average molecular weight is 519 g/mol. The van der Waals surface area contributed by atoms with Gasteiger partial charge in [-0.3, -0.25) is 0 Å². The van der Waals surface area contributed by atoms with Crippen molar-refractivity contribution in [3.05, 3.63) is 118 Å². The predicted molar refractivity (Wildman–Crippen MR) is 129 cm³/mol. The molecule has 4 rings (SSSR count). The summed E-state index contributed by atoms with van der Waals surface area (Å²) in [7, 11) is -4.39. The van der Waals surface area contributed by atoms with Gasteiger partial charge in [0.25, 0.3) is 0 Å². The van der Waals surface area contributed by atoms with Crippen molar-refractivity contribution in [1.82, 2.24) is 0 Å². The molecule has 0 spiro atoms. The van der Waals surface area contributed by atoms with Gasteiger partial charge in [0.1, 0.15) is 23.3 Å². The molecule has 0 aromatic heterocycles. The molecular weight excluding hydrogens is 497 g/mol. The van der Waals surface area contributed by atoms with Gasteiger partial charge in [-0.15, -0.1) is 0 Å². The van der Waals surface area contributed by atoms with Gasteiger partial charge in [-0.05, 0) is 96.1 Å². The zero-order valence-electron chi connectivity index (χ0n) is 19.6. The highest BCUT2D eigenvalue weighted by Gasteiger charge is 2.50. The summed E-state index contributed by atoms with van der Waals surface area (Å²) in [5.41, 5.74) is 0.0832. The number of halogens is 7. The summed E-state index contributed by atoms with van der Waals surface area (Å²) in [6, 6.07) is 13.1. The van der Waals surface area contributed by atoms with E-state index >= 15 is 0 Å². The fourth-order valence-corrected chi connectivity index (χ4v) is 10.8. The lowest BCUT2D eigenvalue weighted by atomic mass is 10.2. The van der Waals surface area contributed by atoms with Crippen LogP contribution in [0.4, 0.5) is 30.7 Å². The van der Waals surface area contributed by atoms with Crippen molar-refractivity contribution in [2.24, 2.45) is 0 Å². The van der Waals surface area contributed by atoms with Crippen molar-refractivity contribution in [3.8, 4) is 0 Å². The van der Waals surface area contributed by atoms with Gasteiger partial charge >= 0.3 is 6.18 Å². The summed E-state index contributed by atoms with van der Waals surface area (Å²) >= 11 is 0. The van der Waals surface area contributed by atoms with Crippen molar-refractivity contribution < 1.29 is 30.7 Å². The summed E-state index contributed by atoms with van der Waals surface area (Å²) in [5, 5.41) is -0.0471. The van der Waals surface area contributed by atoms with E-state index in [1.807, 2.05) is 0 Å². The van der Waals surface area contributed by atoms with E-state index in [0.29, 0.717) is 28.8 Å². The summed E-state index contributed by atoms with van der Waals surface area (Å²) < 4.78 is 103. The third kappa shape index (κ3) is 4.34. The highest BCUT2D eigenvalue weighted by atomic mass is 28.3. The summed E-state index contributed by atoms with van der Waals surface area (Å²) in [6.45, 7) is 4.77. The largest absolute Gasteiger partial charge is 0.416 e. The van der Waals surface area contributed by atoms with E-state index in [1.165, 1.54) is 18.2 Å². The molecule has 4 aromatic rings. The molecule has 0 radical (unpaired) electrons. The molecule has 8 heteroatoms. The molecule has 4 aromatic carbocycles. The van der Waals surface area contributed by atoms with E-state index in [-0.39, 0.29) is 15.6 Å². The first kappa shape index (κ1) is 25.7. The highest BCUT2D eigenvalue weighted by Crippen LogP contribution is 2.31. The number of hydrogen-bond donors (Lipinski definition) is 0. The zero-order valence-corrected chi connectivity index (χ0v) is 20.6. The third-order valence-corrected chi connectivity index (χ3v) is 11.8. The lowest BCUT2D eigenvalue weighted by molar-refractivity contribution is -0.136. The fourth-order valence-electron chi connectivity index (χ4n) is 4.94. The van der Waals surface area contributed by atoms with Gasteiger partial charge in [0.05, 0.1) is 5.56 Å². The maximum Gasteiger partial charge on any atom is 0.416 e. The molecule has 0 unspecified atom stereocenters. The first-order chi connectivity index (χ1) is 16.9. The van der Waals surface area contributed by atoms with Crippen molar-refractivity contribution in [2.75, 3.05) is 0 Å². The molecule has 0 saturated carbocycles. The molecule has 0 aliphatic rings. The van der Waals surface area contributed by atoms with Gasteiger partial charge in [0, 0.05) is 0 Å². The van der Waals surface area contributed by atoms with Crippen LogP contribution >= 0.6 is 0 Å². The van der Waals surface area contributed by atoms with Crippen molar-refractivity contribution in [3.63, 3.8) is 0 Å². The van der Waals surface area contributed by atoms with E-state index in [4.69, 9.17) is 0 Å². The summed E-state index contributed by atoms with van der Waals surface area (Å²) in [4.78, 5) is 0. The second-order valence-corrected chi connectivity index (χ2v) is 12.5. The van der Waals surface area contributed by atoms with Crippen LogP contribution in [0.25, 0.3) is 0 Å². The van der Waals surface area contributed by atoms with Crippen LogP contribution in [0.1, 0.15) is 22.3 Å². The van der Waals surface area contributed by atoms with E-state index in [1.54, 1.807) is 20.8 Å². The molecular formula is C28H21F7Si. The lowest BCUT2D eigenvalue weighted by Gasteiger charge is -2.39. The van der Waals surface area contributed by atoms with Crippen LogP contribution in [0.2, 0.25) is 0 Å². The molecule has 0 saturated heterocycles. The number of aryl methyl sites for hydroxylation is 3. The van der Waals surface area contributed by atoms with Crippen LogP contribution in [0.15, 0.2) is 72.8 Å². The minimum atomic E-state index is -4.93. The standard InChI is InChI=1S/C28H21F7Si/c1-16-4-7-19(29)12-24(16)36(25-13-20(30)8-5-17(25)2,26-14-21(31)9-6-18(26)3)27-15-22(32)10-11-23(27)28(33,34)35/h4-15H,1-3H3. The molecule has 0 amide bonds. The molecule has 186 valence electrons. The normalized spacial score (nSPS) is 12.2. The third-order valence-electron chi connectivity index (χ3n) is 6.50. The zero-order chi connectivity index (χ0) is 26.4. The Morgan fingerprint density at radius 2 is 0.778 bits per heavy atom. The van der Waals surface area contributed by atoms with Gasteiger partial charge in [0.2, 0.25) is 0 Å². The van der Waals surface area contributed by atoms with Crippen molar-refractivity contribution in [1.29, 1.82) is 0 Å². The second-order valence-electron chi connectivity index (χ2n) is 8.82. The fraction of sp³-hybridized carbons (Fsp3) is 0.143. The molecule has 0 N–H and O–H groups in total. The van der Waals surface area contributed by atoms with Gasteiger partial charge < -0.3 is 0 Å². The Labute approximate surface area is 205 Å². The van der Waals surface area contributed by atoms with Crippen LogP contribution < -0.4 is 20.7 Å². The molecule has 0 aliphatic heterocycles. The molecule has 0 fully saturated rings. The SMILES string of the molecule is Cc1ccc(F)cc1[Si](c1cc(F)ccc1C)(c1cc(F)ccc1C)c1cc(F)ccc1C(F)(F)F. The van der Waals surface area contributed by atoms with Crippen LogP contribution in [0.5, 0.6) is 0 Å². The minimum absolute atomic E-state index is 0.140. The molecule has 36 heavy (non-hydrogen) atoms. The quantitative estimate of drug-likeness (QED) is 0.188. The topological polar surface area (TPSA) is 0 Å². The summed E-state index contributed by atoms with van der Waals surface area (Å²) in [5.74, 6) is -3.16. The van der Waals surface area contributed by atoms with Gasteiger partial charge in [0.15, 0.2) is 8.07 Å². The summed E-state index contributed by atoms with van der Waals surface area (Å²) in [6.07, 6.45) is -4.93. The average Bonchev–Trinajstić information content (AvgIpc) is 2.80. The van der Waals surface area contributed by atoms with Gasteiger partial charge in [-0.1, -0.05) is 34.9 Å².